The predicted molar refractivity (Wildman–Crippen MR) is 183 cm³/mol. The summed E-state index contributed by atoms with van der Waals surface area (Å²) in [6.45, 7) is 0.461. The highest BCUT2D eigenvalue weighted by Gasteiger charge is 2.44. The van der Waals surface area contributed by atoms with Crippen molar-refractivity contribution in [3.63, 3.8) is 0 Å². The van der Waals surface area contributed by atoms with Gasteiger partial charge in [0.05, 0.1) is 12.8 Å². The molecule has 0 atom stereocenters. The Morgan fingerprint density at radius 3 is 1.57 bits per heavy atom. The highest BCUT2D eigenvalue weighted by atomic mass is 31.2. The molecule has 1 fully saturated rings. The summed E-state index contributed by atoms with van der Waals surface area (Å²) in [6, 6.07) is 40.4. The second-order valence-electron chi connectivity index (χ2n) is 12.1. The molecule has 0 heterocycles. The van der Waals surface area contributed by atoms with E-state index in [4.69, 9.17) is 4.74 Å². The van der Waals surface area contributed by atoms with Crippen molar-refractivity contribution in [2.24, 2.45) is 5.92 Å². The van der Waals surface area contributed by atoms with Gasteiger partial charge in [0.25, 0.3) is 0 Å². The lowest BCUT2D eigenvalue weighted by Gasteiger charge is -2.29. The van der Waals surface area contributed by atoms with Gasteiger partial charge in [0.2, 0.25) is 5.78 Å². The van der Waals surface area contributed by atoms with E-state index in [0.29, 0.717) is 29.1 Å². The lowest BCUT2D eigenvalue weighted by Crippen LogP contribution is -2.33. The van der Waals surface area contributed by atoms with Crippen LogP contribution in [-0.2, 0) is 4.74 Å². The van der Waals surface area contributed by atoms with Crippen molar-refractivity contribution in [1.82, 2.24) is 0 Å². The number of rotatable bonds is 12. The molecular weight excluding hydrogens is 559 g/mol. The molecule has 224 valence electrons. The summed E-state index contributed by atoms with van der Waals surface area (Å²) in [6.07, 6.45) is 10.5. The van der Waals surface area contributed by atoms with Gasteiger partial charge in [0.1, 0.15) is 23.2 Å². The van der Waals surface area contributed by atoms with Crippen LogP contribution in [0.3, 0.4) is 0 Å². The molecule has 3 nitrogen and oxygen atoms in total. The first-order valence-corrected chi connectivity index (χ1v) is 18.3. The Bertz CT molecular complexity index is 1490. The molecule has 2 aliphatic carbocycles. The van der Waals surface area contributed by atoms with Gasteiger partial charge in [0, 0.05) is 16.7 Å². The zero-order valence-corrected chi connectivity index (χ0v) is 26.4. The molecule has 0 unspecified atom stereocenters. The van der Waals surface area contributed by atoms with E-state index < -0.39 is 7.26 Å². The third kappa shape index (κ3) is 6.21. The van der Waals surface area contributed by atoms with E-state index in [1.165, 1.54) is 22.3 Å². The number of fused-ring (bicyclic) bond motifs is 1. The molecule has 0 amide bonds. The Hall–Kier alpha value is -3.81. The van der Waals surface area contributed by atoms with Gasteiger partial charge in [-0.15, -0.1) is 0 Å². The Labute approximate surface area is 262 Å². The Kier molecular flexibility index (Phi) is 9.83. The first-order valence-electron chi connectivity index (χ1n) is 16.3. The molecule has 0 saturated heterocycles. The fourth-order valence-electron chi connectivity index (χ4n) is 7.14. The maximum atomic E-state index is 13.6. The Morgan fingerprint density at radius 1 is 0.545 bits per heavy atom. The minimum Gasteiger partial charge on any atom is -0.489 e. The summed E-state index contributed by atoms with van der Waals surface area (Å²) < 4.78 is 6.26. The fourth-order valence-corrected chi connectivity index (χ4v) is 11.5. The molecule has 0 radical (unpaired) electrons. The van der Waals surface area contributed by atoms with Gasteiger partial charge in [-0.05, 0) is 80.8 Å². The summed E-state index contributed by atoms with van der Waals surface area (Å²) in [7, 11) is -1.82. The summed E-state index contributed by atoms with van der Waals surface area (Å²) >= 11 is 0. The van der Waals surface area contributed by atoms with Crippen LogP contribution in [0.25, 0.3) is 0 Å². The number of hydrogen-bond donors (Lipinski definition) is 0. The van der Waals surface area contributed by atoms with Gasteiger partial charge < -0.3 is 4.74 Å². The van der Waals surface area contributed by atoms with Crippen LogP contribution in [0.15, 0.2) is 127 Å². The lowest BCUT2D eigenvalue weighted by molar-refractivity contribution is 0.0852. The predicted octanol–water partition coefficient (Wildman–Crippen LogP) is 8.47. The minimum atomic E-state index is -1.82. The SMILES string of the molecule is O=C1C(OCCCCCC[P+](c2ccccc2)(c2ccccc2)c2ccccc2)=C(C2CCCCC2)C(=O)c2ccccc21. The van der Waals surface area contributed by atoms with Crippen LogP contribution in [0.1, 0.15) is 78.5 Å². The molecule has 0 bridgehead atoms. The van der Waals surface area contributed by atoms with Crippen LogP contribution < -0.4 is 15.9 Å². The average Bonchev–Trinajstić information content (AvgIpc) is 3.10. The standard InChI is InChI=1S/C40H42O3P/c41-38-35-27-15-16-28-36(35)39(42)40(37(38)31-19-7-3-8-20-31)43-29-17-1-2-18-30-44(32-21-9-4-10-22-32,33-23-11-5-12-24-33)34-25-13-6-14-26-34/h4-6,9-16,21-28,31H,1-3,7-8,17-20,29-30H2/q+1. The fraction of sp³-hybridized carbons (Fsp3) is 0.300. The highest BCUT2D eigenvalue weighted by Crippen LogP contribution is 2.56. The van der Waals surface area contributed by atoms with Gasteiger partial charge in [-0.2, -0.15) is 0 Å². The number of carbonyl (C=O) groups excluding carboxylic acids is 2. The topological polar surface area (TPSA) is 43.4 Å². The third-order valence-electron chi connectivity index (χ3n) is 9.35. The van der Waals surface area contributed by atoms with Crippen molar-refractivity contribution in [3.8, 4) is 0 Å². The Morgan fingerprint density at radius 2 is 1.02 bits per heavy atom. The van der Waals surface area contributed by atoms with Gasteiger partial charge in [-0.3, -0.25) is 9.59 Å². The van der Waals surface area contributed by atoms with Crippen molar-refractivity contribution in [3.05, 3.63) is 138 Å². The van der Waals surface area contributed by atoms with Crippen molar-refractivity contribution < 1.29 is 14.3 Å². The van der Waals surface area contributed by atoms with Crippen LogP contribution in [0.5, 0.6) is 0 Å². The number of ketones is 2. The summed E-state index contributed by atoms with van der Waals surface area (Å²) in [4.78, 5) is 27.2. The zero-order chi connectivity index (χ0) is 30.2. The molecule has 4 aromatic rings. The van der Waals surface area contributed by atoms with Gasteiger partial charge >= 0.3 is 0 Å². The second-order valence-corrected chi connectivity index (χ2v) is 15.7. The molecule has 6 rings (SSSR count). The van der Waals surface area contributed by atoms with Gasteiger partial charge in [0.15, 0.2) is 11.5 Å². The van der Waals surface area contributed by atoms with Crippen molar-refractivity contribution >= 4 is 34.7 Å². The number of carbonyl (C=O) groups is 2. The van der Waals surface area contributed by atoms with E-state index in [0.717, 1.165) is 57.5 Å². The summed E-state index contributed by atoms with van der Waals surface area (Å²) in [5.41, 5.74) is 1.65. The monoisotopic (exact) mass is 601 g/mol. The molecule has 0 N–H and O–H groups in total. The van der Waals surface area contributed by atoms with Gasteiger partial charge in [-0.25, -0.2) is 0 Å². The molecule has 0 aromatic heterocycles. The largest absolute Gasteiger partial charge is 0.489 e. The molecular formula is C40H42O3P+. The number of ether oxygens (including phenoxy) is 1. The van der Waals surface area contributed by atoms with Crippen LogP contribution >= 0.6 is 7.26 Å². The molecule has 44 heavy (non-hydrogen) atoms. The maximum absolute atomic E-state index is 13.6. The zero-order valence-electron chi connectivity index (χ0n) is 25.5. The normalized spacial score (nSPS) is 15.7. The van der Waals surface area contributed by atoms with Crippen LogP contribution in [0.2, 0.25) is 0 Å². The molecule has 0 spiro atoms. The first kappa shape index (κ1) is 30.2. The summed E-state index contributed by atoms with van der Waals surface area (Å²) in [5, 5.41) is 4.26. The molecule has 1 saturated carbocycles. The van der Waals surface area contributed by atoms with Crippen LogP contribution in [0.4, 0.5) is 0 Å². The molecule has 4 heteroatoms. The average molecular weight is 602 g/mol. The lowest BCUT2D eigenvalue weighted by atomic mass is 9.76. The van der Waals surface area contributed by atoms with E-state index in [-0.39, 0.29) is 17.5 Å². The number of Topliss-reactive ketones (excluding diaryl/α,β-unsaturated/α-hetero) is 2. The van der Waals surface area contributed by atoms with E-state index in [2.05, 4.69) is 91.0 Å². The van der Waals surface area contributed by atoms with E-state index in [1.807, 2.05) is 12.1 Å². The van der Waals surface area contributed by atoms with Gasteiger partial charge in [-0.1, -0.05) is 98.1 Å². The molecule has 0 aliphatic heterocycles. The smallest absolute Gasteiger partial charge is 0.228 e. The third-order valence-corrected chi connectivity index (χ3v) is 13.9. The number of allylic oxidation sites excluding steroid dienone is 2. The highest BCUT2D eigenvalue weighted by molar-refractivity contribution is 7.95. The van der Waals surface area contributed by atoms with E-state index in [1.54, 1.807) is 12.1 Å². The second kappa shape index (κ2) is 14.3. The molecule has 4 aromatic carbocycles. The number of hydrogen-bond acceptors (Lipinski definition) is 3. The maximum Gasteiger partial charge on any atom is 0.228 e. The summed E-state index contributed by atoms with van der Waals surface area (Å²) in [5.74, 6) is 0.312. The quantitative estimate of drug-likeness (QED) is 0.121. The van der Waals surface area contributed by atoms with Crippen LogP contribution in [-0.4, -0.2) is 24.3 Å². The van der Waals surface area contributed by atoms with E-state index in [9.17, 15) is 9.59 Å². The van der Waals surface area contributed by atoms with Crippen LogP contribution in [0, 0.1) is 5.92 Å². The Balaban J connectivity index is 1.14. The number of unbranched alkanes of at least 4 members (excludes halogenated alkanes) is 3. The molecule has 2 aliphatic rings. The van der Waals surface area contributed by atoms with Crippen molar-refractivity contribution in [1.29, 1.82) is 0 Å². The minimum absolute atomic E-state index is 0.00913. The first-order chi connectivity index (χ1) is 21.7. The van der Waals surface area contributed by atoms with Crippen molar-refractivity contribution in [2.75, 3.05) is 12.8 Å². The van der Waals surface area contributed by atoms with Crippen molar-refractivity contribution in [2.45, 2.75) is 57.8 Å². The number of benzene rings is 4. The van der Waals surface area contributed by atoms with E-state index >= 15 is 0 Å².